The second-order valence-corrected chi connectivity index (χ2v) is 6.76. The number of hydrogen-bond donors (Lipinski definition) is 0. The molecule has 0 aliphatic heterocycles. The van der Waals surface area contributed by atoms with Crippen molar-refractivity contribution in [2.75, 3.05) is 0 Å². The van der Waals surface area contributed by atoms with Gasteiger partial charge in [-0.3, -0.25) is 4.79 Å². The van der Waals surface area contributed by atoms with Crippen LogP contribution in [0.25, 0.3) is 22.1 Å². The molecule has 26 heavy (non-hydrogen) atoms. The fourth-order valence-corrected chi connectivity index (χ4v) is 3.36. The van der Waals surface area contributed by atoms with E-state index >= 15 is 0 Å². The monoisotopic (exact) mass is 404 g/mol. The van der Waals surface area contributed by atoms with Crippen molar-refractivity contribution >= 4 is 32.7 Å². The van der Waals surface area contributed by atoms with Crippen molar-refractivity contribution < 1.29 is 9.21 Å². The van der Waals surface area contributed by atoms with Crippen molar-refractivity contribution in [1.29, 1.82) is 0 Å². The van der Waals surface area contributed by atoms with E-state index in [0.29, 0.717) is 16.7 Å². The third-order valence-electron chi connectivity index (χ3n) is 4.20. The second kappa shape index (κ2) is 6.73. The number of ketones is 1. The summed E-state index contributed by atoms with van der Waals surface area (Å²) < 4.78 is 6.27. The van der Waals surface area contributed by atoms with Crippen LogP contribution in [0.5, 0.6) is 0 Å². The Morgan fingerprint density at radius 3 is 2.19 bits per heavy atom. The maximum absolute atomic E-state index is 13.1. The van der Waals surface area contributed by atoms with Crippen molar-refractivity contribution in [2.45, 2.75) is 0 Å². The highest BCUT2D eigenvalue weighted by molar-refractivity contribution is 9.10. The lowest BCUT2D eigenvalue weighted by atomic mass is 9.92. The highest BCUT2D eigenvalue weighted by Gasteiger charge is 2.23. The van der Waals surface area contributed by atoms with Crippen molar-refractivity contribution in [3.05, 3.63) is 105 Å². The van der Waals surface area contributed by atoms with Gasteiger partial charge in [0.1, 0.15) is 11.1 Å². The van der Waals surface area contributed by atoms with Gasteiger partial charge in [0, 0.05) is 21.0 Å². The predicted molar refractivity (Wildman–Crippen MR) is 105 cm³/mol. The van der Waals surface area contributed by atoms with Crippen LogP contribution in [0.3, 0.4) is 0 Å². The summed E-state index contributed by atoms with van der Waals surface area (Å²) in [5, 5.41) is 0.721. The van der Waals surface area contributed by atoms with Gasteiger partial charge >= 0.3 is 5.63 Å². The molecular formula is C22H13BrO3. The standard InChI is InChI=1S/C22H13BrO3/c23-16-11-12-17-18(13-16)26-22(25)20(19(17)14-7-3-1-4-8-14)21(24)15-9-5-2-6-10-15/h1-13H. The SMILES string of the molecule is O=C(c1ccccc1)c1c(-c2ccccc2)c2ccc(Br)cc2oc1=O. The summed E-state index contributed by atoms with van der Waals surface area (Å²) in [5.74, 6) is -0.344. The quantitative estimate of drug-likeness (QED) is 0.336. The molecule has 4 rings (SSSR count). The summed E-state index contributed by atoms with van der Waals surface area (Å²) >= 11 is 3.39. The van der Waals surface area contributed by atoms with Gasteiger partial charge in [0.15, 0.2) is 0 Å². The lowest BCUT2D eigenvalue weighted by Gasteiger charge is -2.11. The zero-order valence-electron chi connectivity index (χ0n) is 13.6. The molecule has 0 saturated heterocycles. The first kappa shape index (κ1) is 16.5. The predicted octanol–water partition coefficient (Wildman–Crippen LogP) is 5.45. The van der Waals surface area contributed by atoms with Crippen LogP contribution in [0.4, 0.5) is 0 Å². The summed E-state index contributed by atoms with van der Waals surface area (Å²) in [4.78, 5) is 25.9. The van der Waals surface area contributed by atoms with E-state index in [1.54, 1.807) is 30.3 Å². The molecule has 0 N–H and O–H groups in total. The Hall–Kier alpha value is -2.98. The summed E-state index contributed by atoms with van der Waals surface area (Å²) in [6.07, 6.45) is 0. The summed E-state index contributed by atoms with van der Waals surface area (Å²) in [6, 6.07) is 23.7. The number of hydrogen-bond acceptors (Lipinski definition) is 3. The zero-order valence-corrected chi connectivity index (χ0v) is 15.2. The summed E-state index contributed by atoms with van der Waals surface area (Å²) in [7, 11) is 0. The third-order valence-corrected chi connectivity index (χ3v) is 4.69. The number of benzene rings is 3. The Morgan fingerprint density at radius 1 is 0.846 bits per heavy atom. The van der Waals surface area contributed by atoms with Crippen LogP contribution in [-0.4, -0.2) is 5.78 Å². The van der Waals surface area contributed by atoms with Crippen molar-refractivity contribution in [3.63, 3.8) is 0 Å². The molecule has 4 heteroatoms. The van der Waals surface area contributed by atoms with E-state index in [0.717, 1.165) is 15.4 Å². The van der Waals surface area contributed by atoms with Crippen LogP contribution in [-0.2, 0) is 0 Å². The topological polar surface area (TPSA) is 47.3 Å². The number of rotatable bonds is 3. The molecule has 1 aromatic heterocycles. The molecule has 0 fully saturated rings. The number of carbonyl (C=O) groups is 1. The van der Waals surface area contributed by atoms with Crippen LogP contribution in [0.15, 0.2) is 92.5 Å². The van der Waals surface area contributed by atoms with Gasteiger partial charge in [-0.2, -0.15) is 0 Å². The molecule has 0 unspecified atom stereocenters. The Balaban J connectivity index is 2.10. The normalized spacial score (nSPS) is 10.8. The molecule has 0 aliphatic carbocycles. The Morgan fingerprint density at radius 2 is 1.50 bits per heavy atom. The maximum atomic E-state index is 13.1. The van der Waals surface area contributed by atoms with Crippen molar-refractivity contribution in [3.8, 4) is 11.1 Å². The summed E-state index contributed by atoms with van der Waals surface area (Å²) in [5.41, 5.74) is 1.70. The van der Waals surface area contributed by atoms with Crippen LogP contribution in [0.2, 0.25) is 0 Å². The van der Waals surface area contributed by atoms with Gasteiger partial charge in [-0.15, -0.1) is 0 Å². The van der Waals surface area contributed by atoms with Crippen LogP contribution in [0.1, 0.15) is 15.9 Å². The molecule has 3 aromatic carbocycles. The first-order valence-electron chi connectivity index (χ1n) is 8.06. The Kier molecular flexibility index (Phi) is 4.27. The average molecular weight is 405 g/mol. The Bertz CT molecular complexity index is 1160. The third kappa shape index (κ3) is 2.89. The smallest absolute Gasteiger partial charge is 0.348 e. The number of carbonyl (C=O) groups excluding carboxylic acids is 1. The molecule has 0 aliphatic rings. The average Bonchev–Trinajstić information content (AvgIpc) is 2.67. The molecule has 0 amide bonds. The fraction of sp³-hybridized carbons (Fsp3) is 0. The molecule has 4 aromatic rings. The minimum atomic E-state index is -0.636. The van der Waals surface area contributed by atoms with E-state index in [2.05, 4.69) is 15.9 Å². The first-order chi connectivity index (χ1) is 12.6. The molecule has 0 atom stereocenters. The van der Waals surface area contributed by atoms with Crippen molar-refractivity contribution in [2.24, 2.45) is 0 Å². The molecule has 0 bridgehead atoms. The van der Waals surface area contributed by atoms with Gasteiger partial charge in [0.05, 0.1) is 0 Å². The van der Waals surface area contributed by atoms with E-state index in [1.807, 2.05) is 48.5 Å². The number of fused-ring (bicyclic) bond motifs is 1. The lowest BCUT2D eigenvalue weighted by molar-refractivity contribution is 0.103. The molecule has 1 heterocycles. The molecular weight excluding hydrogens is 392 g/mol. The largest absolute Gasteiger partial charge is 0.422 e. The highest BCUT2D eigenvalue weighted by Crippen LogP contribution is 2.32. The van der Waals surface area contributed by atoms with E-state index < -0.39 is 5.63 Å². The van der Waals surface area contributed by atoms with Gasteiger partial charge < -0.3 is 4.42 Å². The van der Waals surface area contributed by atoms with Gasteiger partial charge in [-0.1, -0.05) is 76.6 Å². The van der Waals surface area contributed by atoms with Gasteiger partial charge in [0.2, 0.25) is 5.78 Å². The highest BCUT2D eigenvalue weighted by atomic mass is 79.9. The van der Waals surface area contributed by atoms with Crippen LogP contribution >= 0.6 is 15.9 Å². The van der Waals surface area contributed by atoms with E-state index in [1.165, 1.54) is 0 Å². The zero-order chi connectivity index (χ0) is 18.1. The van der Waals surface area contributed by atoms with Crippen molar-refractivity contribution in [1.82, 2.24) is 0 Å². The van der Waals surface area contributed by atoms with Gasteiger partial charge in [-0.25, -0.2) is 4.79 Å². The van der Waals surface area contributed by atoms with Crippen LogP contribution < -0.4 is 5.63 Å². The van der Waals surface area contributed by atoms with Crippen LogP contribution in [0, 0.1) is 0 Å². The summed E-state index contributed by atoms with van der Waals surface area (Å²) in [6.45, 7) is 0. The van der Waals surface area contributed by atoms with E-state index in [4.69, 9.17) is 4.42 Å². The first-order valence-corrected chi connectivity index (χ1v) is 8.86. The van der Waals surface area contributed by atoms with Gasteiger partial charge in [-0.05, 0) is 23.8 Å². The Labute approximate surface area is 158 Å². The molecule has 0 saturated carbocycles. The lowest BCUT2D eigenvalue weighted by Crippen LogP contribution is -2.17. The second-order valence-electron chi connectivity index (χ2n) is 5.84. The molecule has 3 nitrogen and oxygen atoms in total. The van der Waals surface area contributed by atoms with Gasteiger partial charge in [0.25, 0.3) is 0 Å². The fourth-order valence-electron chi connectivity index (χ4n) is 3.02. The minimum absolute atomic E-state index is 0.0530. The maximum Gasteiger partial charge on any atom is 0.348 e. The molecule has 0 radical (unpaired) electrons. The minimum Gasteiger partial charge on any atom is -0.422 e. The number of halogens is 1. The molecule has 0 spiro atoms. The molecule has 126 valence electrons. The van der Waals surface area contributed by atoms with E-state index in [9.17, 15) is 9.59 Å². The van der Waals surface area contributed by atoms with E-state index in [-0.39, 0.29) is 11.3 Å².